The molecular weight excluding hydrogens is 324 g/mol. The Labute approximate surface area is 145 Å². The summed E-state index contributed by atoms with van der Waals surface area (Å²) in [6.45, 7) is 5.94. The molecule has 0 radical (unpaired) electrons. The average molecular weight is 344 g/mol. The number of benzene rings is 1. The van der Waals surface area contributed by atoms with E-state index < -0.39 is 5.60 Å². The highest BCUT2D eigenvalue weighted by Gasteiger charge is 2.20. The van der Waals surface area contributed by atoms with Gasteiger partial charge in [-0.1, -0.05) is 18.2 Å². The van der Waals surface area contributed by atoms with Crippen LogP contribution >= 0.6 is 12.2 Å². The molecule has 0 bridgehead atoms. The highest BCUT2D eigenvalue weighted by Crippen LogP contribution is 2.23. The maximum atomic E-state index is 12.2. The van der Waals surface area contributed by atoms with Crippen molar-refractivity contribution in [3.05, 3.63) is 40.8 Å². The topological polar surface area (TPSA) is 62.6 Å². The molecule has 7 heteroatoms. The molecule has 6 nitrogen and oxygen atoms in total. The zero-order valence-corrected chi connectivity index (χ0v) is 15.0. The second kappa shape index (κ2) is 5.90. The van der Waals surface area contributed by atoms with Crippen LogP contribution in [0.1, 0.15) is 26.3 Å². The van der Waals surface area contributed by atoms with Crippen LogP contribution in [-0.2, 0) is 11.3 Å². The maximum absolute atomic E-state index is 12.2. The molecular formula is C17H20N4O2S. The summed E-state index contributed by atoms with van der Waals surface area (Å²) in [4.78, 5) is 18.3. The normalized spacial score (nSPS) is 11.8. The van der Waals surface area contributed by atoms with E-state index in [0.717, 1.165) is 22.0 Å². The highest BCUT2D eigenvalue weighted by molar-refractivity contribution is 7.71. The third kappa shape index (κ3) is 3.12. The van der Waals surface area contributed by atoms with Crippen LogP contribution in [0.3, 0.4) is 0 Å². The van der Waals surface area contributed by atoms with E-state index in [1.165, 1.54) is 0 Å². The van der Waals surface area contributed by atoms with Gasteiger partial charge in [-0.25, -0.2) is 14.3 Å². The second-order valence-electron chi connectivity index (χ2n) is 6.73. The molecule has 0 saturated carbocycles. The molecule has 0 aliphatic carbocycles. The van der Waals surface area contributed by atoms with Gasteiger partial charge in [0, 0.05) is 18.6 Å². The Bertz CT molecular complexity index is 968. The lowest BCUT2D eigenvalue weighted by Crippen LogP contribution is -2.33. The lowest BCUT2D eigenvalue weighted by atomic mass is 10.1. The first-order valence-electron chi connectivity index (χ1n) is 7.68. The van der Waals surface area contributed by atoms with E-state index in [-0.39, 0.29) is 6.09 Å². The van der Waals surface area contributed by atoms with Crippen molar-refractivity contribution in [3.8, 4) is 0 Å². The third-order valence-corrected chi connectivity index (χ3v) is 3.87. The number of aromatic amines is 1. The molecule has 0 fully saturated rings. The molecule has 2 aromatic heterocycles. The predicted molar refractivity (Wildman–Crippen MR) is 95.6 cm³/mol. The van der Waals surface area contributed by atoms with Crippen molar-refractivity contribution < 1.29 is 9.53 Å². The Morgan fingerprint density at radius 2 is 2.12 bits per heavy atom. The molecule has 0 atom stereocenters. The van der Waals surface area contributed by atoms with E-state index in [9.17, 15) is 4.79 Å². The lowest BCUT2D eigenvalue weighted by molar-refractivity contribution is 0.0285. The Balaban J connectivity index is 2.00. The summed E-state index contributed by atoms with van der Waals surface area (Å²) < 4.78 is 7.62. The van der Waals surface area contributed by atoms with Crippen molar-refractivity contribution in [3.63, 3.8) is 0 Å². The van der Waals surface area contributed by atoms with Crippen molar-refractivity contribution in [1.82, 2.24) is 19.5 Å². The van der Waals surface area contributed by atoms with Crippen LogP contribution in [0, 0.1) is 4.77 Å². The van der Waals surface area contributed by atoms with Gasteiger partial charge in [0.25, 0.3) is 0 Å². The first kappa shape index (κ1) is 16.4. The minimum absolute atomic E-state index is 0.366. The molecule has 3 aromatic rings. The Morgan fingerprint density at radius 3 is 2.83 bits per heavy atom. The van der Waals surface area contributed by atoms with Crippen molar-refractivity contribution >= 4 is 34.7 Å². The Hall–Kier alpha value is -2.41. The van der Waals surface area contributed by atoms with Crippen molar-refractivity contribution in [2.75, 3.05) is 7.05 Å². The number of carbonyl (C=O) groups excluding carboxylic acids is 1. The number of nitrogens with zero attached hydrogens (tertiary/aromatic N) is 3. The van der Waals surface area contributed by atoms with E-state index in [1.54, 1.807) is 16.5 Å². The van der Waals surface area contributed by atoms with Crippen LogP contribution in [0.25, 0.3) is 16.4 Å². The summed E-state index contributed by atoms with van der Waals surface area (Å²) >= 11 is 5.35. The maximum Gasteiger partial charge on any atom is 0.410 e. The van der Waals surface area contributed by atoms with Crippen LogP contribution in [0.4, 0.5) is 4.79 Å². The van der Waals surface area contributed by atoms with Gasteiger partial charge in [0.1, 0.15) is 5.60 Å². The van der Waals surface area contributed by atoms with Gasteiger partial charge in [0.15, 0.2) is 0 Å². The van der Waals surface area contributed by atoms with E-state index in [0.29, 0.717) is 11.3 Å². The number of hydrogen-bond donors (Lipinski definition) is 1. The first-order chi connectivity index (χ1) is 11.3. The van der Waals surface area contributed by atoms with Gasteiger partial charge >= 0.3 is 6.09 Å². The summed E-state index contributed by atoms with van der Waals surface area (Å²) in [5, 5.41) is 4.04. The van der Waals surface area contributed by atoms with E-state index >= 15 is 0 Å². The molecule has 126 valence electrons. The summed E-state index contributed by atoms with van der Waals surface area (Å²) in [6.07, 6.45) is 1.46. The molecule has 0 aliphatic rings. The number of ether oxygens (including phenoxy) is 1. The number of nitrogens with one attached hydrogen (secondary N) is 1. The molecule has 0 unspecified atom stereocenters. The molecule has 1 N–H and O–H groups in total. The SMILES string of the molecule is CN(Cc1cccc2c1nc(=S)n1[nH]ccc21)C(=O)OC(C)(C)C. The monoisotopic (exact) mass is 344 g/mol. The summed E-state index contributed by atoms with van der Waals surface area (Å²) in [6, 6.07) is 7.87. The van der Waals surface area contributed by atoms with Gasteiger partial charge in [-0.05, 0) is 44.6 Å². The van der Waals surface area contributed by atoms with Crippen molar-refractivity contribution in [1.29, 1.82) is 0 Å². The van der Waals surface area contributed by atoms with Crippen LogP contribution < -0.4 is 0 Å². The molecule has 1 amide bonds. The summed E-state index contributed by atoms with van der Waals surface area (Å²) in [5.41, 5.74) is 2.17. The first-order valence-corrected chi connectivity index (χ1v) is 8.09. The van der Waals surface area contributed by atoms with Crippen LogP contribution in [0.15, 0.2) is 30.5 Å². The number of carbonyl (C=O) groups is 1. The molecule has 0 saturated heterocycles. The zero-order chi connectivity index (χ0) is 17.5. The predicted octanol–water partition coefficient (Wildman–Crippen LogP) is 3.91. The van der Waals surface area contributed by atoms with E-state index in [4.69, 9.17) is 17.0 Å². The molecule has 3 rings (SSSR count). The minimum atomic E-state index is -0.524. The summed E-state index contributed by atoms with van der Waals surface area (Å²) in [7, 11) is 1.71. The highest BCUT2D eigenvalue weighted by atomic mass is 32.1. The van der Waals surface area contributed by atoms with Gasteiger partial charge in [0.05, 0.1) is 17.6 Å². The molecule has 2 heterocycles. The van der Waals surface area contributed by atoms with Crippen molar-refractivity contribution in [2.45, 2.75) is 32.9 Å². The van der Waals surface area contributed by atoms with Gasteiger partial charge in [-0.15, -0.1) is 0 Å². The summed E-state index contributed by atoms with van der Waals surface area (Å²) in [5.74, 6) is 0. The Kier molecular flexibility index (Phi) is 4.04. The number of para-hydroxylation sites is 1. The van der Waals surface area contributed by atoms with E-state index in [2.05, 4.69) is 10.1 Å². The van der Waals surface area contributed by atoms with Gasteiger partial charge in [0.2, 0.25) is 4.77 Å². The third-order valence-electron chi connectivity index (χ3n) is 3.59. The number of hydrogen-bond acceptors (Lipinski definition) is 4. The number of amides is 1. The smallest absolute Gasteiger partial charge is 0.410 e. The van der Waals surface area contributed by atoms with Crippen LogP contribution in [-0.4, -0.2) is 38.2 Å². The molecule has 0 spiro atoms. The minimum Gasteiger partial charge on any atom is -0.444 e. The number of H-pyrrole nitrogens is 1. The van der Waals surface area contributed by atoms with Gasteiger partial charge < -0.3 is 9.64 Å². The van der Waals surface area contributed by atoms with Gasteiger partial charge in [-0.2, -0.15) is 0 Å². The fraction of sp³-hybridized carbons (Fsp3) is 0.353. The quantitative estimate of drug-likeness (QED) is 0.716. The molecule has 24 heavy (non-hydrogen) atoms. The fourth-order valence-electron chi connectivity index (χ4n) is 2.57. The Morgan fingerprint density at radius 1 is 1.38 bits per heavy atom. The van der Waals surface area contributed by atoms with Crippen LogP contribution in [0.2, 0.25) is 0 Å². The number of fused-ring (bicyclic) bond motifs is 3. The molecule has 0 aliphatic heterocycles. The van der Waals surface area contributed by atoms with Crippen LogP contribution in [0.5, 0.6) is 0 Å². The number of aromatic nitrogens is 3. The number of rotatable bonds is 2. The average Bonchev–Trinajstić information content (AvgIpc) is 2.97. The zero-order valence-electron chi connectivity index (χ0n) is 14.2. The largest absolute Gasteiger partial charge is 0.444 e. The second-order valence-corrected chi connectivity index (χ2v) is 7.09. The van der Waals surface area contributed by atoms with E-state index in [1.807, 2.05) is 51.2 Å². The molecule has 1 aromatic carbocycles. The standard InChI is InChI=1S/C17H20N4O2S/c1-17(2,3)23-16(22)20(4)10-11-6-5-7-12-13-8-9-18-21(13)15(24)19-14(11)12/h5-9,18H,10H2,1-4H3. The van der Waals surface area contributed by atoms with Crippen molar-refractivity contribution in [2.24, 2.45) is 0 Å². The lowest BCUT2D eigenvalue weighted by Gasteiger charge is -2.24. The van der Waals surface area contributed by atoms with Gasteiger partial charge in [-0.3, -0.25) is 5.10 Å². The fourth-order valence-corrected chi connectivity index (χ4v) is 2.81.